The zero-order valence-corrected chi connectivity index (χ0v) is 15.1. The highest BCUT2D eigenvalue weighted by Gasteiger charge is 2.21. The molecule has 0 unspecified atom stereocenters. The van der Waals surface area contributed by atoms with Gasteiger partial charge in [0, 0.05) is 17.8 Å². The molecule has 25 heavy (non-hydrogen) atoms. The van der Waals surface area contributed by atoms with Gasteiger partial charge in [0.1, 0.15) is 5.69 Å². The van der Waals surface area contributed by atoms with Crippen LogP contribution in [0.2, 0.25) is 10.0 Å². The summed E-state index contributed by atoms with van der Waals surface area (Å²) < 4.78 is 3.55. The minimum Gasteiger partial charge on any atom is -0.399 e. The summed E-state index contributed by atoms with van der Waals surface area (Å²) in [6, 6.07) is 6.88. The molecule has 5 nitrogen and oxygen atoms in total. The number of pyridine rings is 1. The lowest BCUT2D eigenvalue weighted by atomic mass is 9.95. The van der Waals surface area contributed by atoms with Crippen LogP contribution >= 0.6 is 23.2 Å². The van der Waals surface area contributed by atoms with Crippen molar-refractivity contribution in [1.29, 1.82) is 0 Å². The number of rotatable bonds is 2. The van der Waals surface area contributed by atoms with E-state index in [1.54, 1.807) is 35.1 Å². The summed E-state index contributed by atoms with van der Waals surface area (Å²) in [5.41, 5.74) is 8.48. The Morgan fingerprint density at radius 3 is 2.40 bits per heavy atom. The Kier molecular flexibility index (Phi) is 4.21. The van der Waals surface area contributed by atoms with Crippen molar-refractivity contribution >= 4 is 39.9 Å². The largest absolute Gasteiger partial charge is 0.399 e. The first kappa shape index (κ1) is 16.5. The third-order valence-electron chi connectivity index (χ3n) is 4.86. The predicted octanol–water partition coefficient (Wildman–Crippen LogP) is 4.58. The minimum absolute atomic E-state index is 0.00782. The number of hydrogen-bond acceptors (Lipinski definition) is 3. The topological polar surface area (TPSA) is 65.8 Å². The maximum absolute atomic E-state index is 12.5. The molecule has 0 amide bonds. The van der Waals surface area contributed by atoms with E-state index in [2.05, 4.69) is 5.10 Å². The van der Waals surface area contributed by atoms with Crippen molar-refractivity contribution in [2.24, 2.45) is 0 Å². The molecule has 1 aliphatic rings. The summed E-state index contributed by atoms with van der Waals surface area (Å²) in [6.45, 7) is 0. The molecular weight excluding hydrogens is 359 g/mol. The summed E-state index contributed by atoms with van der Waals surface area (Å²) >= 11 is 12.7. The van der Waals surface area contributed by atoms with Gasteiger partial charge in [0.25, 0.3) is 5.56 Å². The van der Waals surface area contributed by atoms with Crippen molar-refractivity contribution in [3.05, 3.63) is 50.9 Å². The lowest BCUT2D eigenvalue weighted by Crippen LogP contribution is -2.25. The van der Waals surface area contributed by atoms with Gasteiger partial charge in [-0.3, -0.25) is 4.79 Å². The van der Waals surface area contributed by atoms with Gasteiger partial charge in [-0.25, -0.2) is 4.68 Å². The van der Waals surface area contributed by atoms with E-state index in [9.17, 15) is 4.79 Å². The molecule has 1 saturated carbocycles. The van der Waals surface area contributed by atoms with Crippen LogP contribution in [0.3, 0.4) is 0 Å². The molecule has 0 radical (unpaired) electrons. The highest BCUT2D eigenvalue weighted by atomic mass is 35.5. The molecule has 0 bridgehead atoms. The monoisotopic (exact) mass is 376 g/mol. The second kappa shape index (κ2) is 6.39. The van der Waals surface area contributed by atoms with Gasteiger partial charge in [-0.05, 0) is 31.0 Å². The molecule has 0 saturated heterocycles. The Balaban J connectivity index is 1.93. The number of nitrogens with two attached hydrogens (primary N) is 1. The van der Waals surface area contributed by atoms with E-state index < -0.39 is 0 Å². The first-order valence-corrected chi connectivity index (χ1v) is 9.16. The standard InChI is InChI=1S/C18H18Cl2N4O/c19-13-8-11(21)9-14(20)18(13)24-15-6-7-17(25)23(16(15)10-22-24)12-4-2-1-3-5-12/h6-10,12H,1-5,21H2. The maximum Gasteiger partial charge on any atom is 0.251 e. The fourth-order valence-electron chi connectivity index (χ4n) is 3.72. The van der Waals surface area contributed by atoms with Crippen LogP contribution in [0.15, 0.2) is 35.3 Å². The number of benzene rings is 1. The van der Waals surface area contributed by atoms with Gasteiger partial charge in [0.05, 0.1) is 27.3 Å². The molecule has 1 fully saturated rings. The smallest absolute Gasteiger partial charge is 0.251 e. The van der Waals surface area contributed by atoms with E-state index in [1.807, 2.05) is 4.57 Å². The van der Waals surface area contributed by atoms with E-state index in [0.29, 0.717) is 21.4 Å². The van der Waals surface area contributed by atoms with Gasteiger partial charge in [-0.1, -0.05) is 42.5 Å². The van der Waals surface area contributed by atoms with Gasteiger partial charge in [-0.2, -0.15) is 5.10 Å². The lowest BCUT2D eigenvalue weighted by Gasteiger charge is -2.24. The first-order chi connectivity index (χ1) is 12.1. The maximum atomic E-state index is 12.5. The number of hydrogen-bond donors (Lipinski definition) is 1. The Bertz CT molecular complexity index is 979. The normalized spacial score (nSPS) is 15.8. The van der Waals surface area contributed by atoms with Gasteiger partial charge >= 0.3 is 0 Å². The Labute approximate surface area is 154 Å². The molecule has 7 heteroatoms. The van der Waals surface area contributed by atoms with Crippen LogP contribution in [-0.4, -0.2) is 14.3 Å². The number of nitrogens with zero attached hydrogens (tertiary/aromatic N) is 3. The highest BCUT2D eigenvalue weighted by Crippen LogP contribution is 2.34. The molecule has 0 spiro atoms. The van der Waals surface area contributed by atoms with Crippen LogP contribution in [0.1, 0.15) is 38.1 Å². The Morgan fingerprint density at radius 2 is 1.72 bits per heavy atom. The molecule has 4 rings (SSSR count). The average Bonchev–Trinajstić information content (AvgIpc) is 2.98. The van der Waals surface area contributed by atoms with Gasteiger partial charge in [-0.15, -0.1) is 0 Å². The van der Waals surface area contributed by atoms with Crippen LogP contribution in [0.5, 0.6) is 0 Å². The third kappa shape index (κ3) is 2.81. The zero-order valence-electron chi connectivity index (χ0n) is 13.6. The lowest BCUT2D eigenvalue weighted by molar-refractivity contribution is 0.354. The molecule has 0 atom stereocenters. The second-order valence-electron chi connectivity index (χ2n) is 6.49. The Hall–Kier alpha value is -1.98. The minimum atomic E-state index is 0.00782. The third-order valence-corrected chi connectivity index (χ3v) is 5.43. The highest BCUT2D eigenvalue weighted by molar-refractivity contribution is 6.38. The molecule has 130 valence electrons. The first-order valence-electron chi connectivity index (χ1n) is 8.40. The van der Waals surface area contributed by atoms with Crippen LogP contribution < -0.4 is 11.3 Å². The molecular formula is C18H18Cl2N4O. The summed E-state index contributed by atoms with van der Waals surface area (Å²) in [4.78, 5) is 12.5. The quantitative estimate of drug-likeness (QED) is 0.665. The summed E-state index contributed by atoms with van der Waals surface area (Å²) in [6.07, 6.45) is 7.29. The number of nitrogen functional groups attached to an aromatic ring is 1. The van der Waals surface area contributed by atoms with E-state index in [1.165, 1.54) is 6.42 Å². The molecule has 2 heterocycles. The number of aromatic nitrogens is 3. The summed E-state index contributed by atoms with van der Waals surface area (Å²) in [5, 5.41) is 5.30. The fourth-order valence-corrected chi connectivity index (χ4v) is 4.39. The predicted molar refractivity (Wildman–Crippen MR) is 102 cm³/mol. The molecule has 2 N–H and O–H groups in total. The van der Waals surface area contributed by atoms with Crippen molar-refractivity contribution in [2.45, 2.75) is 38.1 Å². The molecule has 3 aromatic rings. The molecule has 0 aliphatic heterocycles. The van der Waals surface area contributed by atoms with Crippen molar-refractivity contribution in [3.63, 3.8) is 0 Å². The van der Waals surface area contributed by atoms with Crippen molar-refractivity contribution in [3.8, 4) is 5.69 Å². The molecule has 1 aromatic carbocycles. The van der Waals surface area contributed by atoms with Crippen LogP contribution in [-0.2, 0) is 0 Å². The average molecular weight is 377 g/mol. The van der Waals surface area contributed by atoms with Crippen molar-refractivity contribution < 1.29 is 0 Å². The molecule has 2 aromatic heterocycles. The molecule has 1 aliphatic carbocycles. The van der Waals surface area contributed by atoms with Gasteiger partial charge in [0.15, 0.2) is 0 Å². The SMILES string of the molecule is Nc1cc(Cl)c(-n2ncc3c2ccc(=O)n3C2CCCCC2)c(Cl)c1. The summed E-state index contributed by atoms with van der Waals surface area (Å²) in [7, 11) is 0. The number of anilines is 1. The van der Waals surface area contributed by atoms with Crippen molar-refractivity contribution in [1.82, 2.24) is 14.3 Å². The number of halogens is 2. The van der Waals surface area contributed by atoms with E-state index in [-0.39, 0.29) is 11.6 Å². The van der Waals surface area contributed by atoms with Crippen LogP contribution in [0.25, 0.3) is 16.7 Å². The van der Waals surface area contributed by atoms with Crippen LogP contribution in [0, 0.1) is 0 Å². The van der Waals surface area contributed by atoms with Crippen LogP contribution in [0.4, 0.5) is 5.69 Å². The van der Waals surface area contributed by atoms with Crippen molar-refractivity contribution in [2.75, 3.05) is 5.73 Å². The van der Waals surface area contributed by atoms with E-state index >= 15 is 0 Å². The van der Waals surface area contributed by atoms with E-state index in [0.717, 1.165) is 36.7 Å². The Morgan fingerprint density at radius 1 is 1.04 bits per heavy atom. The summed E-state index contributed by atoms with van der Waals surface area (Å²) in [5.74, 6) is 0. The number of fused-ring (bicyclic) bond motifs is 1. The fraction of sp³-hybridized carbons (Fsp3) is 0.333. The van der Waals surface area contributed by atoms with E-state index in [4.69, 9.17) is 28.9 Å². The second-order valence-corrected chi connectivity index (χ2v) is 7.31. The van der Waals surface area contributed by atoms with Gasteiger partial charge in [0.2, 0.25) is 0 Å². The van der Waals surface area contributed by atoms with Gasteiger partial charge < -0.3 is 10.3 Å². The zero-order chi connectivity index (χ0) is 17.6.